The van der Waals surface area contributed by atoms with E-state index >= 15 is 0 Å². The number of hydrogen-bond acceptors (Lipinski definition) is 7. The summed E-state index contributed by atoms with van der Waals surface area (Å²) in [5, 5.41) is 19.6. The van der Waals surface area contributed by atoms with Crippen molar-refractivity contribution in [1.82, 2.24) is 10.3 Å². The average molecular weight is 1090 g/mol. The highest BCUT2D eigenvalue weighted by Gasteiger charge is 2.73. The van der Waals surface area contributed by atoms with Gasteiger partial charge < -0.3 is 18.9 Å². The molecule has 418 valence electrons. The Hall–Kier alpha value is -1.67. The van der Waals surface area contributed by atoms with E-state index in [1.807, 2.05) is 12.4 Å². The van der Waals surface area contributed by atoms with Gasteiger partial charge >= 0.3 is 5.97 Å². The topological polar surface area (TPSA) is 98.6 Å². The Balaban J connectivity index is 0.000000178. The molecule has 1 N–H and O–H groups in total. The second-order valence-corrected chi connectivity index (χ2v) is 31.7. The Kier molecular flexibility index (Phi) is 14.4. The van der Waals surface area contributed by atoms with E-state index in [-0.39, 0.29) is 47.9 Å². The number of halogens is 1. The number of esters is 1. The Morgan fingerprint density at radius 3 is 1.42 bits per heavy atom. The lowest BCUT2D eigenvalue weighted by molar-refractivity contribution is -0.232. The molecule has 74 heavy (non-hydrogen) atoms. The van der Waals surface area contributed by atoms with Crippen LogP contribution in [0.15, 0.2) is 21.4 Å². The van der Waals surface area contributed by atoms with Crippen LogP contribution in [0.5, 0.6) is 0 Å². The SMILES string of the molecule is C.C.CC(C)[C@@H]1CC[C@]2(CO)CC[C@]3(C)[C@H](CC[C@@H]4[C@@]5(C)Cc6cnoc6C(C)(C)[C@@H]5CC[C@]43C)[C@@H]12.CC(C)[C@@H]1CC[C@]2(COC(=O)CBr)CC[C@]3(C)[C@H](CC[C@@H]4[C@@]5(C)Cc6cnoc6C(C)(C)[C@@H]5CC[C@]43C)[C@@H]12. The number of carbonyl (C=O) groups is 1. The highest BCUT2D eigenvalue weighted by atomic mass is 79.9. The summed E-state index contributed by atoms with van der Waals surface area (Å²) in [4.78, 5) is 12.2. The van der Waals surface area contributed by atoms with Crippen molar-refractivity contribution in [3.8, 4) is 0 Å². The third-order valence-electron chi connectivity index (χ3n) is 27.8. The normalized spacial score (nSPS) is 47.6. The predicted molar refractivity (Wildman–Crippen MR) is 304 cm³/mol. The molecule has 2 aromatic rings. The van der Waals surface area contributed by atoms with Crippen LogP contribution in [-0.2, 0) is 33.2 Å². The molecule has 10 aliphatic rings. The van der Waals surface area contributed by atoms with E-state index in [4.69, 9.17) is 13.8 Å². The van der Waals surface area contributed by atoms with Gasteiger partial charge in [0.15, 0.2) is 0 Å². The van der Waals surface area contributed by atoms with Crippen molar-refractivity contribution in [1.29, 1.82) is 0 Å². The monoisotopic (exact) mass is 1090 g/mol. The fourth-order valence-electron chi connectivity index (χ4n) is 24.4. The van der Waals surface area contributed by atoms with Crippen molar-refractivity contribution in [2.24, 2.45) is 114 Å². The first kappa shape index (κ1) is 57.0. The molecule has 8 heteroatoms. The van der Waals surface area contributed by atoms with Gasteiger partial charge in [0.05, 0.1) is 19.0 Å². The highest BCUT2D eigenvalue weighted by molar-refractivity contribution is 9.09. The number of fused-ring (bicyclic) bond motifs is 16. The van der Waals surface area contributed by atoms with Crippen molar-refractivity contribution in [2.75, 3.05) is 18.5 Å². The van der Waals surface area contributed by atoms with Crippen LogP contribution in [0.1, 0.15) is 237 Å². The van der Waals surface area contributed by atoms with E-state index in [9.17, 15) is 9.90 Å². The van der Waals surface area contributed by atoms with Crippen LogP contribution < -0.4 is 0 Å². The van der Waals surface area contributed by atoms with Crippen molar-refractivity contribution in [3.63, 3.8) is 0 Å². The van der Waals surface area contributed by atoms with Gasteiger partial charge in [0.25, 0.3) is 0 Å². The second kappa shape index (κ2) is 18.7. The summed E-state index contributed by atoms with van der Waals surface area (Å²) in [5.41, 5.74) is 5.19. The van der Waals surface area contributed by atoms with Crippen LogP contribution in [-0.4, -0.2) is 39.9 Å². The molecule has 8 saturated carbocycles. The first-order valence-corrected chi connectivity index (χ1v) is 31.1. The maximum atomic E-state index is 12.2. The Bertz CT molecular complexity index is 2390. The van der Waals surface area contributed by atoms with Crippen LogP contribution in [0, 0.1) is 114 Å². The van der Waals surface area contributed by atoms with Gasteiger partial charge in [-0.25, -0.2) is 0 Å². The zero-order valence-electron chi connectivity index (χ0n) is 47.8. The number of alkyl halides is 1. The molecule has 0 spiro atoms. The predicted octanol–water partition coefficient (Wildman–Crippen LogP) is 17.1. The van der Waals surface area contributed by atoms with Crippen molar-refractivity contribution in [3.05, 3.63) is 35.0 Å². The highest BCUT2D eigenvalue weighted by Crippen LogP contribution is 2.79. The Morgan fingerprint density at radius 2 is 1.00 bits per heavy atom. The molecular weight excluding hydrogens is 981 g/mol. The molecule has 0 unspecified atom stereocenters. The summed E-state index contributed by atoms with van der Waals surface area (Å²) in [6, 6.07) is 0. The van der Waals surface area contributed by atoms with E-state index in [0.29, 0.717) is 75.2 Å². The summed E-state index contributed by atoms with van der Waals surface area (Å²) in [6.45, 7) is 36.6. The zero-order valence-corrected chi connectivity index (χ0v) is 49.4. The van der Waals surface area contributed by atoms with Crippen LogP contribution in [0.4, 0.5) is 0 Å². The summed E-state index contributed by atoms with van der Waals surface area (Å²) in [6.07, 6.45) is 27.1. The van der Waals surface area contributed by atoms with Gasteiger partial charge in [-0.05, 0) is 224 Å². The molecule has 8 fully saturated rings. The molecule has 0 saturated heterocycles. The number of rotatable bonds is 6. The lowest BCUT2D eigenvalue weighted by atomic mass is 9.32. The van der Waals surface area contributed by atoms with Crippen molar-refractivity contribution in [2.45, 2.75) is 238 Å². The van der Waals surface area contributed by atoms with Gasteiger partial charge in [0, 0.05) is 34.0 Å². The third kappa shape index (κ3) is 7.43. The zero-order chi connectivity index (χ0) is 51.6. The number of aliphatic hydroxyl groups is 1. The minimum atomic E-state index is -0.102. The molecule has 0 amide bonds. The minimum absolute atomic E-state index is 0. The van der Waals surface area contributed by atoms with Crippen molar-refractivity contribution < 1.29 is 23.7 Å². The summed E-state index contributed by atoms with van der Waals surface area (Å²) >= 11 is 3.32. The largest absolute Gasteiger partial charge is 0.464 e. The number of ether oxygens (including phenoxy) is 1. The van der Waals surface area contributed by atoms with Crippen LogP contribution in [0.3, 0.4) is 0 Å². The van der Waals surface area contributed by atoms with E-state index in [1.165, 1.54) is 114 Å². The first-order chi connectivity index (χ1) is 33.8. The average Bonchev–Trinajstić information content (AvgIpc) is 4.15. The molecule has 10 aliphatic carbocycles. The van der Waals surface area contributed by atoms with E-state index in [0.717, 1.165) is 65.8 Å². The second-order valence-electron chi connectivity index (χ2n) is 31.1. The lowest BCUT2D eigenvalue weighted by Gasteiger charge is -2.72. The van der Waals surface area contributed by atoms with E-state index in [1.54, 1.807) is 0 Å². The standard InChI is InChI=1S/C33H50BrNO3.C31H49NO2.2CH4/c1-20(2)22-10-13-33(19-37-26(36)17-34)15-14-31(6)23(27(22)33)8-9-25-30(5)16-21-18-35-38-28(21)29(3,4)24(30)11-12-32(25,31)7;1-19(2)21-10-13-31(18-33)15-14-29(6)22(25(21)31)8-9-24-28(5)16-20-17-32-34-26(20)27(3,4)23(28)11-12-30(24,29)7;;/h18,20,22-25,27H,8-17,19H2,1-7H3;17,19,21-25,33H,8-16,18H2,1-7H3;2*1H4/t22-,23+,24-,25+,27+,30-,31+,32+,33+;21-,22+,23-,24+,25+,28-,29+,30+,31+;;/m00../s1. The van der Waals surface area contributed by atoms with Crippen LogP contribution in [0.2, 0.25) is 0 Å². The fraction of sp³-hybridized carbons (Fsp3) is 0.894. The smallest absolute Gasteiger partial charge is 0.316 e. The molecule has 0 radical (unpaired) electrons. The number of hydrogen-bond donors (Lipinski definition) is 1. The summed E-state index contributed by atoms with van der Waals surface area (Å²) in [7, 11) is 0. The summed E-state index contributed by atoms with van der Waals surface area (Å²) in [5.74, 6) is 10.8. The molecule has 0 aromatic carbocycles. The van der Waals surface area contributed by atoms with Gasteiger partial charge in [0.2, 0.25) is 0 Å². The van der Waals surface area contributed by atoms with Gasteiger partial charge in [-0.2, -0.15) is 0 Å². The maximum absolute atomic E-state index is 12.2. The molecular formula is C66H107BrN2O5. The first-order valence-electron chi connectivity index (χ1n) is 30.0. The molecule has 0 aliphatic heterocycles. The van der Waals surface area contributed by atoms with Crippen LogP contribution in [0.25, 0.3) is 0 Å². The lowest BCUT2D eigenvalue weighted by Crippen LogP contribution is -2.66. The number of carbonyl (C=O) groups excluding carboxylic acids is 1. The van der Waals surface area contributed by atoms with E-state index < -0.39 is 0 Å². The van der Waals surface area contributed by atoms with E-state index in [2.05, 4.69) is 123 Å². The summed E-state index contributed by atoms with van der Waals surface area (Å²) < 4.78 is 17.7. The molecule has 0 bridgehead atoms. The molecule has 7 nitrogen and oxygen atoms in total. The van der Waals surface area contributed by atoms with Gasteiger partial charge in [-0.3, -0.25) is 4.79 Å². The minimum Gasteiger partial charge on any atom is -0.464 e. The van der Waals surface area contributed by atoms with Crippen LogP contribution >= 0.6 is 15.9 Å². The third-order valence-corrected chi connectivity index (χ3v) is 28.3. The number of aliphatic hydroxyl groups excluding tert-OH is 1. The Morgan fingerprint density at radius 1 is 0.581 bits per heavy atom. The maximum Gasteiger partial charge on any atom is 0.316 e. The molecule has 2 aromatic heterocycles. The molecule has 2 heterocycles. The van der Waals surface area contributed by atoms with Gasteiger partial charge in [-0.1, -0.05) is 138 Å². The Labute approximate surface area is 459 Å². The molecule has 12 rings (SSSR count). The quantitative estimate of drug-likeness (QED) is 0.227. The fourth-order valence-corrected chi connectivity index (χ4v) is 24.6. The molecule has 18 atom stereocenters. The van der Waals surface area contributed by atoms with Gasteiger partial charge in [0.1, 0.15) is 16.9 Å². The number of nitrogens with zero attached hydrogens (tertiary/aromatic N) is 2. The van der Waals surface area contributed by atoms with Gasteiger partial charge in [-0.15, -0.1) is 0 Å². The van der Waals surface area contributed by atoms with Crippen molar-refractivity contribution >= 4 is 21.9 Å². The number of aromatic nitrogens is 2.